The number of rotatable bonds is 7. The van der Waals surface area contributed by atoms with Gasteiger partial charge in [0, 0.05) is 18.3 Å². The molecular formula is C23H22N2O4. The highest BCUT2D eigenvalue weighted by molar-refractivity contribution is 5.92. The van der Waals surface area contributed by atoms with Crippen LogP contribution in [0, 0.1) is 0 Å². The van der Waals surface area contributed by atoms with Crippen molar-refractivity contribution in [2.75, 3.05) is 17.7 Å². The molecule has 3 rings (SSSR count). The van der Waals surface area contributed by atoms with Crippen LogP contribution >= 0.6 is 0 Å². The first-order valence-corrected chi connectivity index (χ1v) is 9.11. The predicted molar refractivity (Wildman–Crippen MR) is 113 cm³/mol. The first-order chi connectivity index (χ1) is 14.0. The van der Waals surface area contributed by atoms with Crippen LogP contribution in [0.4, 0.5) is 11.4 Å². The molecule has 0 atom stereocenters. The lowest BCUT2D eigenvalue weighted by atomic mass is 10.1. The fourth-order valence-corrected chi connectivity index (χ4v) is 2.74. The van der Waals surface area contributed by atoms with Crippen molar-refractivity contribution in [2.24, 2.45) is 0 Å². The van der Waals surface area contributed by atoms with Crippen LogP contribution in [-0.4, -0.2) is 18.9 Å². The highest BCUT2D eigenvalue weighted by Crippen LogP contribution is 2.31. The number of hydrogen-bond acceptors (Lipinski definition) is 4. The smallest absolute Gasteiger partial charge is 0.228 e. The summed E-state index contributed by atoms with van der Waals surface area (Å²) in [7, 11) is 1.59. The second-order valence-corrected chi connectivity index (χ2v) is 6.38. The molecule has 0 aromatic heterocycles. The lowest BCUT2D eigenvalue weighted by Crippen LogP contribution is -2.14. The van der Waals surface area contributed by atoms with Crippen molar-refractivity contribution in [3.05, 3.63) is 78.4 Å². The quantitative estimate of drug-likeness (QED) is 0.617. The van der Waals surface area contributed by atoms with E-state index >= 15 is 0 Å². The molecule has 0 aliphatic heterocycles. The maximum absolute atomic E-state index is 12.3. The topological polar surface area (TPSA) is 76.7 Å². The number of methoxy groups -OCH3 is 1. The third-order valence-corrected chi connectivity index (χ3v) is 4.07. The van der Waals surface area contributed by atoms with Gasteiger partial charge in [0.1, 0.15) is 5.75 Å². The van der Waals surface area contributed by atoms with Crippen LogP contribution in [0.3, 0.4) is 0 Å². The van der Waals surface area contributed by atoms with Crippen molar-refractivity contribution in [3.63, 3.8) is 0 Å². The van der Waals surface area contributed by atoms with E-state index < -0.39 is 0 Å². The van der Waals surface area contributed by atoms with Crippen LogP contribution in [0.15, 0.2) is 72.8 Å². The second kappa shape index (κ2) is 9.41. The Hall–Kier alpha value is -3.80. The lowest BCUT2D eigenvalue weighted by Gasteiger charge is -2.11. The molecule has 0 fully saturated rings. The summed E-state index contributed by atoms with van der Waals surface area (Å²) >= 11 is 0. The zero-order chi connectivity index (χ0) is 20.6. The summed E-state index contributed by atoms with van der Waals surface area (Å²) in [6, 6.07) is 21.7. The Morgan fingerprint density at radius 1 is 0.793 bits per heavy atom. The summed E-state index contributed by atoms with van der Waals surface area (Å²) in [4.78, 5) is 23.3. The number of hydrogen-bond donors (Lipinski definition) is 2. The number of benzene rings is 3. The van der Waals surface area contributed by atoms with E-state index in [-0.39, 0.29) is 18.2 Å². The van der Waals surface area contributed by atoms with Crippen LogP contribution in [0.2, 0.25) is 0 Å². The number of carbonyl (C=O) groups excluding carboxylic acids is 2. The molecule has 0 aliphatic carbocycles. The summed E-state index contributed by atoms with van der Waals surface area (Å²) in [6.07, 6.45) is 0.236. The van der Waals surface area contributed by atoms with E-state index in [0.29, 0.717) is 28.6 Å². The number of ether oxygens (including phenoxy) is 2. The molecular weight excluding hydrogens is 368 g/mol. The molecule has 2 N–H and O–H groups in total. The molecule has 3 aromatic carbocycles. The Kier molecular flexibility index (Phi) is 6.47. The van der Waals surface area contributed by atoms with E-state index in [2.05, 4.69) is 10.6 Å². The van der Waals surface area contributed by atoms with Crippen molar-refractivity contribution in [2.45, 2.75) is 13.3 Å². The van der Waals surface area contributed by atoms with Crippen LogP contribution in [0.25, 0.3) is 0 Å². The molecule has 6 nitrogen and oxygen atoms in total. The average molecular weight is 390 g/mol. The summed E-state index contributed by atoms with van der Waals surface area (Å²) in [5.41, 5.74) is 2.23. The van der Waals surface area contributed by atoms with Gasteiger partial charge in [-0.25, -0.2) is 0 Å². The molecule has 0 heterocycles. The molecule has 2 amide bonds. The molecule has 0 saturated carbocycles. The first-order valence-electron chi connectivity index (χ1n) is 9.11. The van der Waals surface area contributed by atoms with Gasteiger partial charge in [-0.05, 0) is 54.1 Å². The maximum atomic E-state index is 12.3. The van der Waals surface area contributed by atoms with Crippen molar-refractivity contribution in [1.82, 2.24) is 0 Å². The van der Waals surface area contributed by atoms with E-state index in [1.807, 2.05) is 36.4 Å². The predicted octanol–water partition coefficient (Wildman–Crippen LogP) is 4.63. The molecule has 148 valence electrons. The zero-order valence-electron chi connectivity index (χ0n) is 16.3. The third-order valence-electron chi connectivity index (χ3n) is 4.07. The van der Waals surface area contributed by atoms with Crippen molar-refractivity contribution in [1.29, 1.82) is 0 Å². The van der Waals surface area contributed by atoms with Gasteiger partial charge in [-0.15, -0.1) is 0 Å². The van der Waals surface area contributed by atoms with Crippen molar-refractivity contribution in [3.8, 4) is 17.2 Å². The highest BCUT2D eigenvalue weighted by atomic mass is 16.5. The molecule has 0 radical (unpaired) electrons. The number of nitrogens with one attached hydrogen (secondary N) is 2. The molecule has 29 heavy (non-hydrogen) atoms. The van der Waals surface area contributed by atoms with Gasteiger partial charge < -0.3 is 20.1 Å². The summed E-state index contributed by atoms with van der Waals surface area (Å²) in [6.45, 7) is 1.45. The van der Waals surface area contributed by atoms with Crippen LogP contribution < -0.4 is 20.1 Å². The molecule has 0 unspecified atom stereocenters. The highest BCUT2D eigenvalue weighted by Gasteiger charge is 2.07. The number of para-hydroxylation sites is 2. The van der Waals surface area contributed by atoms with Crippen molar-refractivity contribution < 1.29 is 19.1 Å². The molecule has 0 spiro atoms. The number of amides is 2. The summed E-state index contributed by atoms with van der Waals surface area (Å²) < 4.78 is 11.1. The molecule has 0 saturated heterocycles. The van der Waals surface area contributed by atoms with Gasteiger partial charge in [0.15, 0.2) is 11.5 Å². The van der Waals surface area contributed by atoms with Crippen LogP contribution in [-0.2, 0) is 16.0 Å². The minimum atomic E-state index is -0.131. The van der Waals surface area contributed by atoms with E-state index in [1.165, 1.54) is 6.92 Å². The molecule has 0 aliphatic rings. The van der Waals surface area contributed by atoms with Gasteiger partial charge in [-0.3, -0.25) is 9.59 Å². The SMILES string of the molecule is COc1ccccc1Oc1ccc(NC(=O)Cc2ccc(NC(C)=O)cc2)cc1. The maximum Gasteiger partial charge on any atom is 0.228 e. The van der Waals surface area contributed by atoms with E-state index in [4.69, 9.17) is 9.47 Å². The first kappa shape index (κ1) is 19.9. The monoisotopic (exact) mass is 390 g/mol. The third kappa shape index (κ3) is 5.84. The zero-order valence-corrected chi connectivity index (χ0v) is 16.3. The fourth-order valence-electron chi connectivity index (χ4n) is 2.74. The van der Waals surface area contributed by atoms with Gasteiger partial charge >= 0.3 is 0 Å². The van der Waals surface area contributed by atoms with Gasteiger partial charge in [0.05, 0.1) is 13.5 Å². The Labute approximate surface area is 169 Å². The van der Waals surface area contributed by atoms with E-state index in [1.54, 1.807) is 43.5 Å². The number of anilines is 2. The summed E-state index contributed by atoms with van der Waals surface area (Å²) in [5.74, 6) is 1.65. The van der Waals surface area contributed by atoms with Crippen molar-refractivity contribution >= 4 is 23.2 Å². The average Bonchev–Trinajstić information content (AvgIpc) is 2.71. The minimum absolute atomic E-state index is 0.129. The fraction of sp³-hybridized carbons (Fsp3) is 0.130. The van der Waals surface area contributed by atoms with Gasteiger partial charge in [-0.1, -0.05) is 24.3 Å². The van der Waals surface area contributed by atoms with E-state index in [9.17, 15) is 9.59 Å². The minimum Gasteiger partial charge on any atom is -0.493 e. The number of carbonyl (C=O) groups is 2. The van der Waals surface area contributed by atoms with Gasteiger partial charge in [0.2, 0.25) is 11.8 Å². The second-order valence-electron chi connectivity index (χ2n) is 6.38. The standard InChI is InChI=1S/C23H22N2O4/c1-16(26)24-18-9-7-17(8-10-18)15-23(27)25-19-11-13-20(14-12-19)29-22-6-4-3-5-21(22)28-2/h3-14H,15H2,1-2H3,(H,24,26)(H,25,27). The Morgan fingerprint density at radius 2 is 1.38 bits per heavy atom. The molecule has 3 aromatic rings. The molecule has 0 bridgehead atoms. The normalized spacial score (nSPS) is 10.1. The van der Waals surface area contributed by atoms with E-state index in [0.717, 1.165) is 5.56 Å². The Morgan fingerprint density at radius 3 is 2.00 bits per heavy atom. The van der Waals surface area contributed by atoms with Crippen LogP contribution in [0.5, 0.6) is 17.2 Å². The Balaban J connectivity index is 1.56. The largest absolute Gasteiger partial charge is 0.493 e. The molecule has 6 heteroatoms. The summed E-state index contributed by atoms with van der Waals surface area (Å²) in [5, 5.41) is 5.56. The van der Waals surface area contributed by atoms with Crippen LogP contribution in [0.1, 0.15) is 12.5 Å². The lowest BCUT2D eigenvalue weighted by molar-refractivity contribution is -0.116. The van der Waals surface area contributed by atoms with Gasteiger partial charge in [-0.2, -0.15) is 0 Å². The van der Waals surface area contributed by atoms with Gasteiger partial charge in [0.25, 0.3) is 0 Å². The Bertz CT molecular complexity index is 983.